The summed E-state index contributed by atoms with van der Waals surface area (Å²) < 4.78 is 0. The smallest absolute Gasteiger partial charge is 0.250 e. The average molecular weight is 297 g/mol. The summed E-state index contributed by atoms with van der Waals surface area (Å²) in [6.45, 7) is 5.21. The second-order valence-corrected chi connectivity index (χ2v) is 5.50. The van der Waals surface area contributed by atoms with Crippen LogP contribution in [0.4, 0.5) is 5.69 Å². The predicted octanol–water partition coefficient (Wildman–Crippen LogP) is 4.16. The Bertz CT molecular complexity index is 682. The average Bonchev–Trinajstić information content (AvgIpc) is 2.98. The molecule has 1 aromatic heterocycles. The van der Waals surface area contributed by atoms with E-state index in [0.717, 1.165) is 4.88 Å². The first-order valence-electron chi connectivity index (χ1n) is 6.39. The molecule has 0 unspecified atom stereocenters. The molecule has 0 aliphatic rings. The molecule has 106 valence electrons. The molecule has 0 atom stereocenters. The van der Waals surface area contributed by atoms with Crippen LogP contribution in [0.25, 0.3) is 6.08 Å². The minimum atomic E-state index is -0.230. The Morgan fingerprint density at radius 3 is 2.48 bits per heavy atom. The lowest BCUT2D eigenvalue weighted by Crippen LogP contribution is -2.11. The van der Waals surface area contributed by atoms with E-state index in [1.807, 2.05) is 17.5 Å². The first-order chi connectivity index (χ1) is 10.1. The SMILES string of the molecule is C=C(C)C(=O)Nc1ccc(C(=O)/C=C/c2cccs2)cc1. The van der Waals surface area contributed by atoms with Gasteiger partial charge >= 0.3 is 0 Å². The van der Waals surface area contributed by atoms with Gasteiger partial charge in [0.25, 0.3) is 5.91 Å². The van der Waals surface area contributed by atoms with E-state index in [-0.39, 0.29) is 11.7 Å². The fourth-order valence-corrected chi connectivity index (χ4v) is 2.21. The molecule has 21 heavy (non-hydrogen) atoms. The van der Waals surface area contributed by atoms with Crippen molar-refractivity contribution in [2.75, 3.05) is 5.32 Å². The normalized spacial score (nSPS) is 10.5. The third kappa shape index (κ3) is 4.26. The first-order valence-corrected chi connectivity index (χ1v) is 7.27. The highest BCUT2D eigenvalue weighted by Gasteiger charge is 2.05. The van der Waals surface area contributed by atoms with Crippen molar-refractivity contribution < 1.29 is 9.59 Å². The third-order valence-corrected chi connectivity index (χ3v) is 3.59. The Hall–Kier alpha value is -2.46. The molecule has 0 bridgehead atoms. The Balaban J connectivity index is 2.03. The second-order valence-electron chi connectivity index (χ2n) is 4.52. The van der Waals surface area contributed by atoms with Gasteiger partial charge in [-0.15, -0.1) is 11.3 Å². The number of rotatable bonds is 5. The molecule has 0 fully saturated rings. The van der Waals surface area contributed by atoms with Gasteiger partial charge in [0, 0.05) is 21.7 Å². The first kappa shape index (κ1) is 14.9. The van der Waals surface area contributed by atoms with Gasteiger partial charge in [0.05, 0.1) is 0 Å². The summed E-state index contributed by atoms with van der Waals surface area (Å²) in [5.74, 6) is -0.298. The van der Waals surface area contributed by atoms with Crippen LogP contribution in [0, 0.1) is 0 Å². The minimum absolute atomic E-state index is 0.0684. The zero-order chi connectivity index (χ0) is 15.2. The van der Waals surface area contributed by atoms with Gasteiger partial charge in [-0.05, 0) is 54.8 Å². The molecule has 0 radical (unpaired) electrons. The van der Waals surface area contributed by atoms with Gasteiger partial charge in [-0.1, -0.05) is 12.6 Å². The molecule has 1 amide bonds. The number of nitrogens with one attached hydrogen (secondary N) is 1. The van der Waals surface area contributed by atoms with E-state index in [9.17, 15) is 9.59 Å². The van der Waals surface area contributed by atoms with Crippen molar-refractivity contribution in [3.8, 4) is 0 Å². The van der Waals surface area contributed by atoms with Gasteiger partial charge in [0.15, 0.2) is 5.78 Å². The third-order valence-electron chi connectivity index (χ3n) is 2.76. The Kier molecular flexibility index (Phi) is 4.85. The van der Waals surface area contributed by atoms with Crippen LogP contribution in [0.3, 0.4) is 0 Å². The number of amides is 1. The number of carbonyl (C=O) groups is 2. The van der Waals surface area contributed by atoms with Crippen molar-refractivity contribution >= 4 is 34.8 Å². The monoisotopic (exact) mass is 297 g/mol. The highest BCUT2D eigenvalue weighted by atomic mass is 32.1. The fraction of sp³-hybridized carbons (Fsp3) is 0.0588. The van der Waals surface area contributed by atoms with Crippen LogP contribution in [0.1, 0.15) is 22.2 Å². The van der Waals surface area contributed by atoms with E-state index in [4.69, 9.17) is 0 Å². The maximum absolute atomic E-state index is 12.0. The second kappa shape index (κ2) is 6.81. The molecule has 2 aromatic rings. The maximum Gasteiger partial charge on any atom is 0.250 e. The van der Waals surface area contributed by atoms with Gasteiger partial charge in [-0.3, -0.25) is 9.59 Å². The predicted molar refractivity (Wildman–Crippen MR) is 87.6 cm³/mol. The van der Waals surface area contributed by atoms with Gasteiger partial charge in [0.1, 0.15) is 0 Å². The van der Waals surface area contributed by atoms with Gasteiger partial charge < -0.3 is 5.32 Å². The lowest BCUT2D eigenvalue weighted by Gasteiger charge is -2.04. The topological polar surface area (TPSA) is 46.2 Å². The molecule has 0 aliphatic carbocycles. The zero-order valence-electron chi connectivity index (χ0n) is 11.6. The van der Waals surface area contributed by atoms with Crippen molar-refractivity contribution in [2.45, 2.75) is 6.92 Å². The van der Waals surface area contributed by atoms with E-state index in [0.29, 0.717) is 16.8 Å². The molecular weight excluding hydrogens is 282 g/mol. The van der Waals surface area contributed by atoms with Crippen LogP contribution in [-0.4, -0.2) is 11.7 Å². The minimum Gasteiger partial charge on any atom is -0.322 e. The lowest BCUT2D eigenvalue weighted by atomic mass is 10.1. The summed E-state index contributed by atoms with van der Waals surface area (Å²) in [5.41, 5.74) is 1.66. The van der Waals surface area contributed by atoms with E-state index >= 15 is 0 Å². The summed E-state index contributed by atoms with van der Waals surface area (Å²) in [4.78, 5) is 24.5. The van der Waals surface area contributed by atoms with Crippen LogP contribution in [0.15, 0.2) is 60.0 Å². The molecule has 0 saturated carbocycles. The molecule has 0 spiro atoms. The Morgan fingerprint density at radius 1 is 1.19 bits per heavy atom. The van der Waals surface area contributed by atoms with E-state index in [2.05, 4.69) is 11.9 Å². The van der Waals surface area contributed by atoms with Gasteiger partial charge in [-0.25, -0.2) is 0 Å². The quantitative estimate of drug-likeness (QED) is 0.665. The fourth-order valence-electron chi connectivity index (χ4n) is 1.60. The number of hydrogen-bond acceptors (Lipinski definition) is 3. The van der Waals surface area contributed by atoms with Crippen molar-refractivity contribution in [2.24, 2.45) is 0 Å². The summed E-state index contributed by atoms with van der Waals surface area (Å²) in [6, 6.07) is 10.7. The Labute approximate surface area is 127 Å². The maximum atomic E-state index is 12.0. The highest BCUT2D eigenvalue weighted by molar-refractivity contribution is 7.10. The number of anilines is 1. The van der Waals surface area contributed by atoms with E-state index in [1.165, 1.54) is 0 Å². The van der Waals surface area contributed by atoms with Crippen molar-refractivity contribution in [1.82, 2.24) is 0 Å². The number of carbonyl (C=O) groups excluding carboxylic acids is 2. The number of ketones is 1. The number of benzene rings is 1. The summed E-state index contributed by atoms with van der Waals surface area (Å²) in [6.07, 6.45) is 3.34. The molecule has 1 N–H and O–H groups in total. The van der Waals surface area contributed by atoms with Crippen molar-refractivity contribution in [1.29, 1.82) is 0 Å². The molecule has 0 saturated heterocycles. The molecule has 1 heterocycles. The van der Waals surface area contributed by atoms with Crippen LogP contribution < -0.4 is 5.32 Å². The zero-order valence-corrected chi connectivity index (χ0v) is 12.4. The van der Waals surface area contributed by atoms with Crippen molar-refractivity contribution in [3.63, 3.8) is 0 Å². The van der Waals surface area contributed by atoms with E-state index < -0.39 is 0 Å². The molecule has 1 aromatic carbocycles. The molecule has 3 nitrogen and oxygen atoms in total. The van der Waals surface area contributed by atoms with Gasteiger partial charge in [0.2, 0.25) is 0 Å². The molecular formula is C17H15NO2S. The van der Waals surface area contributed by atoms with Crippen molar-refractivity contribution in [3.05, 3.63) is 70.4 Å². The highest BCUT2D eigenvalue weighted by Crippen LogP contribution is 2.14. The summed E-state index contributed by atoms with van der Waals surface area (Å²) >= 11 is 1.58. The van der Waals surface area contributed by atoms with E-state index in [1.54, 1.807) is 54.7 Å². The molecule has 4 heteroatoms. The lowest BCUT2D eigenvalue weighted by molar-refractivity contribution is -0.112. The van der Waals surface area contributed by atoms with Crippen LogP contribution in [0.5, 0.6) is 0 Å². The number of thiophene rings is 1. The molecule has 0 aliphatic heterocycles. The van der Waals surface area contributed by atoms with Gasteiger partial charge in [-0.2, -0.15) is 0 Å². The Morgan fingerprint density at radius 2 is 1.90 bits per heavy atom. The summed E-state index contributed by atoms with van der Waals surface area (Å²) in [5, 5.41) is 4.66. The van der Waals surface area contributed by atoms with Crippen LogP contribution in [-0.2, 0) is 4.79 Å². The summed E-state index contributed by atoms with van der Waals surface area (Å²) in [7, 11) is 0. The van der Waals surface area contributed by atoms with Crippen LogP contribution in [0.2, 0.25) is 0 Å². The number of hydrogen-bond donors (Lipinski definition) is 1. The van der Waals surface area contributed by atoms with Crippen LogP contribution >= 0.6 is 11.3 Å². The standard InChI is InChI=1S/C17H15NO2S/c1-12(2)17(20)18-14-7-5-13(6-8-14)16(19)10-9-15-4-3-11-21-15/h3-11H,1H2,2H3,(H,18,20)/b10-9+. The number of allylic oxidation sites excluding steroid dienone is 1. The largest absolute Gasteiger partial charge is 0.322 e. The molecule has 2 rings (SSSR count).